The largest absolute Gasteiger partial charge is 0.373 e. The molecule has 0 bridgehead atoms. The maximum Gasteiger partial charge on any atom is 0.253 e. The van der Waals surface area contributed by atoms with Gasteiger partial charge < -0.3 is 10.6 Å². The number of nitrogens with one attached hydrogen (secondary N) is 2. The summed E-state index contributed by atoms with van der Waals surface area (Å²) in [5.74, 6) is -0.0407. The molecule has 0 saturated carbocycles. The highest BCUT2D eigenvalue weighted by Gasteiger charge is 2.07. The summed E-state index contributed by atoms with van der Waals surface area (Å²) in [5, 5.41) is 5.63. The molecule has 20 heavy (non-hydrogen) atoms. The Morgan fingerprint density at radius 2 is 2.15 bits per heavy atom. The van der Waals surface area contributed by atoms with Crippen molar-refractivity contribution in [2.24, 2.45) is 0 Å². The fraction of sp³-hybridized carbons (Fsp3) is 0.143. The van der Waals surface area contributed by atoms with Crippen LogP contribution in [0.4, 0.5) is 10.2 Å². The van der Waals surface area contributed by atoms with Crippen molar-refractivity contribution in [3.63, 3.8) is 0 Å². The van der Waals surface area contributed by atoms with Gasteiger partial charge in [0, 0.05) is 19.8 Å². The maximum absolute atomic E-state index is 13.0. The van der Waals surface area contributed by atoms with Gasteiger partial charge in [-0.1, -0.05) is 17.7 Å². The highest BCUT2D eigenvalue weighted by atomic mass is 35.5. The second kappa shape index (κ2) is 6.34. The highest BCUT2D eigenvalue weighted by molar-refractivity contribution is 6.30. The fourth-order valence-electron chi connectivity index (χ4n) is 1.61. The van der Waals surface area contributed by atoms with E-state index >= 15 is 0 Å². The molecular formula is C14H13ClFN3O. The third-order valence-electron chi connectivity index (χ3n) is 2.72. The number of benzene rings is 1. The van der Waals surface area contributed by atoms with E-state index in [1.165, 1.54) is 18.3 Å². The second-order valence-electron chi connectivity index (χ2n) is 4.11. The molecule has 0 unspecified atom stereocenters. The van der Waals surface area contributed by atoms with Gasteiger partial charge in [-0.25, -0.2) is 9.37 Å². The predicted octanol–water partition coefficient (Wildman–Crippen LogP) is 2.85. The van der Waals surface area contributed by atoms with Crippen LogP contribution in [0.2, 0.25) is 5.02 Å². The number of hydrogen-bond donors (Lipinski definition) is 2. The Balaban J connectivity index is 1.98. The highest BCUT2D eigenvalue weighted by Crippen LogP contribution is 2.16. The van der Waals surface area contributed by atoms with Gasteiger partial charge in [-0.15, -0.1) is 0 Å². The zero-order valence-corrected chi connectivity index (χ0v) is 11.5. The van der Waals surface area contributed by atoms with Crippen LogP contribution >= 0.6 is 11.6 Å². The summed E-state index contributed by atoms with van der Waals surface area (Å²) >= 11 is 5.67. The number of amides is 1. The molecule has 0 aliphatic rings. The number of carbonyl (C=O) groups is 1. The zero-order chi connectivity index (χ0) is 14.5. The molecule has 0 radical (unpaired) electrons. The van der Waals surface area contributed by atoms with E-state index in [1.807, 2.05) is 0 Å². The van der Waals surface area contributed by atoms with E-state index < -0.39 is 5.82 Å². The van der Waals surface area contributed by atoms with Crippen LogP contribution in [0.1, 0.15) is 15.9 Å². The van der Waals surface area contributed by atoms with Gasteiger partial charge in [-0.05, 0) is 29.8 Å². The third-order valence-corrected chi connectivity index (χ3v) is 3.01. The van der Waals surface area contributed by atoms with Gasteiger partial charge in [0.1, 0.15) is 11.6 Å². The lowest BCUT2D eigenvalue weighted by Gasteiger charge is -2.06. The van der Waals surface area contributed by atoms with Crippen molar-refractivity contribution in [2.75, 3.05) is 12.4 Å². The van der Waals surface area contributed by atoms with Crippen molar-refractivity contribution < 1.29 is 9.18 Å². The number of aromatic nitrogens is 1. The van der Waals surface area contributed by atoms with Gasteiger partial charge in [-0.3, -0.25) is 4.79 Å². The molecule has 1 amide bonds. The molecule has 2 aromatic rings. The Bertz CT molecular complexity index is 616. The normalized spacial score (nSPS) is 10.2. The summed E-state index contributed by atoms with van der Waals surface area (Å²) in [7, 11) is 1.75. The van der Waals surface area contributed by atoms with Crippen LogP contribution in [0.25, 0.3) is 0 Å². The molecule has 0 atom stereocenters. The number of anilines is 1. The lowest BCUT2D eigenvalue weighted by molar-refractivity contribution is 0.0950. The van der Waals surface area contributed by atoms with Gasteiger partial charge in [0.05, 0.1) is 10.6 Å². The van der Waals surface area contributed by atoms with Crippen molar-refractivity contribution in [1.29, 1.82) is 0 Å². The monoisotopic (exact) mass is 293 g/mol. The first-order chi connectivity index (χ1) is 9.60. The number of halogens is 2. The van der Waals surface area contributed by atoms with Crippen LogP contribution in [0, 0.1) is 5.82 Å². The van der Waals surface area contributed by atoms with E-state index in [-0.39, 0.29) is 17.5 Å². The van der Waals surface area contributed by atoms with Crippen LogP contribution in [0.5, 0.6) is 0 Å². The molecule has 0 spiro atoms. The Hall–Kier alpha value is -2.14. The van der Waals surface area contributed by atoms with Crippen LogP contribution in [-0.2, 0) is 6.54 Å². The van der Waals surface area contributed by atoms with Crippen molar-refractivity contribution >= 4 is 23.3 Å². The van der Waals surface area contributed by atoms with E-state index in [1.54, 1.807) is 25.2 Å². The number of pyridine rings is 1. The van der Waals surface area contributed by atoms with Crippen LogP contribution < -0.4 is 10.6 Å². The summed E-state index contributed by atoms with van der Waals surface area (Å²) in [5.41, 5.74) is 1.18. The maximum atomic E-state index is 13.0. The fourth-order valence-corrected chi connectivity index (χ4v) is 1.81. The Kier molecular flexibility index (Phi) is 4.53. The molecule has 1 heterocycles. The van der Waals surface area contributed by atoms with Gasteiger partial charge in [0.2, 0.25) is 0 Å². The molecule has 0 saturated heterocycles. The minimum atomic E-state index is -0.478. The Labute approximate surface area is 121 Å². The van der Waals surface area contributed by atoms with Gasteiger partial charge >= 0.3 is 0 Å². The number of nitrogens with zero attached hydrogens (tertiary/aromatic N) is 1. The molecule has 6 heteroatoms. The molecule has 104 valence electrons. The topological polar surface area (TPSA) is 54.0 Å². The molecule has 0 aliphatic carbocycles. The van der Waals surface area contributed by atoms with Crippen molar-refractivity contribution in [2.45, 2.75) is 6.54 Å². The SMILES string of the molecule is CNc1ccc(C(=O)NCc2ccc(F)c(Cl)c2)cn1. The van der Waals surface area contributed by atoms with E-state index in [2.05, 4.69) is 15.6 Å². The summed E-state index contributed by atoms with van der Waals surface area (Å²) in [6, 6.07) is 7.71. The zero-order valence-electron chi connectivity index (χ0n) is 10.8. The molecule has 4 nitrogen and oxygen atoms in total. The first-order valence-corrected chi connectivity index (χ1v) is 6.34. The van der Waals surface area contributed by atoms with Crippen LogP contribution in [0.3, 0.4) is 0 Å². The molecule has 1 aromatic carbocycles. The average molecular weight is 294 g/mol. The first kappa shape index (κ1) is 14.3. The van der Waals surface area contributed by atoms with Crippen molar-refractivity contribution in [3.05, 3.63) is 58.5 Å². The Morgan fingerprint density at radius 3 is 2.75 bits per heavy atom. The average Bonchev–Trinajstić information content (AvgIpc) is 2.48. The number of carbonyl (C=O) groups excluding carboxylic acids is 1. The number of rotatable bonds is 4. The number of hydrogen-bond acceptors (Lipinski definition) is 3. The summed E-state index contributed by atoms with van der Waals surface area (Å²) < 4.78 is 13.0. The lowest BCUT2D eigenvalue weighted by Crippen LogP contribution is -2.23. The quantitative estimate of drug-likeness (QED) is 0.911. The summed E-state index contributed by atoms with van der Waals surface area (Å²) in [6.07, 6.45) is 1.48. The smallest absolute Gasteiger partial charge is 0.253 e. The van der Waals surface area contributed by atoms with Gasteiger partial charge in [-0.2, -0.15) is 0 Å². The van der Waals surface area contributed by atoms with E-state index in [0.717, 1.165) is 5.56 Å². The Morgan fingerprint density at radius 1 is 1.35 bits per heavy atom. The molecule has 1 aromatic heterocycles. The summed E-state index contributed by atoms with van der Waals surface area (Å²) in [6.45, 7) is 0.270. The molecule has 2 rings (SSSR count). The van der Waals surface area contributed by atoms with Crippen LogP contribution in [-0.4, -0.2) is 17.9 Å². The molecule has 0 aliphatic heterocycles. The third kappa shape index (κ3) is 3.45. The van der Waals surface area contributed by atoms with Crippen LogP contribution in [0.15, 0.2) is 36.5 Å². The molecular weight excluding hydrogens is 281 g/mol. The molecule has 2 N–H and O–H groups in total. The first-order valence-electron chi connectivity index (χ1n) is 5.96. The van der Waals surface area contributed by atoms with Gasteiger partial charge in [0.15, 0.2) is 0 Å². The minimum Gasteiger partial charge on any atom is -0.373 e. The van der Waals surface area contributed by atoms with E-state index in [4.69, 9.17) is 11.6 Å². The van der Waals surface area contributed by atoms with E-state index in [9.17, 15) is 9.18 Å². The van der Waals surface area contributed by atoms with Crippen molar-refractivity contribution in [1.82, 2.24) is 10.3 Å². The summed E-state index contributed by atoms with van der Waals surface area (Å²) in [4.78, 5) is 15.9. The minimum absolute atomic E-state index is 0.0387. The molecule has 0 fully saturated rings. The standard InChI is InChI=1S/C14H13ClFN3O/c1-17-13-5-3-10(8-18-13)14(20)19-7-9-2-4-12(16)11(15)6-9/h2-6,8H,7H2,1H3,(H,17,18)(H,19,20). The second-order valence-corrected chi connectivity index (χ2v) is 4.52. The lowest BCUT2D eigenvalue weighted by atomic mass is 10.2. The van der Waals surface area contributed by atoms with E-state index in [0.29, 0.717) is 11.4 Å². The predicted molar refractivity (Wildman–Crippen MR) is 76.4 cm³/mol. The van der Waals surface area contributed by atoms with Crippen molar-refractivity contribution in [3.8, 4) is 0 Å². The van der Waals surface area contributed by atoms with Gasteiger partial charge in [0.25, 0.3) is 5.91 Å².